The maximum Gasteiger partial charge on any atom is 0.142 e. The molecule has 4 heteroatoms. The van der Waals surface area contributed by atoms with Gasteiger partial charge in [0.1, 0.15) is 11.6 Å². The molecular formula is C14H13FN2O. The summed E-state index contributed by atoms with van der Waals surface area (Å²) in [5, 5.41) is 0. The number of nitrogens with two attached hydrogens (primary N) is 1. The van der Waals surface area contributed by atoms with E-state index < -0.39 is 0 Å². The Balaban J connectivity index is 2.13. The third kappa shape index (κ3) is 1.84. The highest BCUT2D eigenvalue weighted by Gasteiger charge is 2.17. The fraction of sp³-hybridized carbons (Fsp3) is 0.214. The molecule has 1 aliphatic heterocycles. The van der Waals surface area contributed by atoms with E-state index in [1.54, 1.807) is 6.20 Å². The van der Waals surface area contributed by atoms with Gasteiger partial charge >= 0.3 is 0 Å². The standard InChI is InChI=1S/C14H13FN2O/c15-13-5-12(7-17-8-13)10-3-9-1-2-18-14(9)11(4-10)6-16/h3-5,7-8H,1-2,6,16H2. The molecule has 0 fully saturated rings. The van der Waals surface area contributed by atoms with E-state index in [1.165, 1.54) is 12.3 Å². The average molecular weight is 244 g/mol. The number of pyridine rings is 1. The van der Waals surface area contributed by atoms with Crippen molar-refractivity contribution in [2.24, 2.45) is 5.73 Å². The fourth-order valence-electron chi connectivity index (χ4n) is 2.28. The fourth-order valence-corrected chi connectivity index (χ4v) is 2.28. The van der Waals surface area contributed by atoms with Crippen LogP contribution in [0.15, 0.2) is 30.6 Å². The first kappa shape index (κ1) is 11.2. The van der Waals surface area contributed by atoms with Gasteiger partial charge in [-0.3, -0.25) is 4.98 Å². The summed E-state index contributed by atoms with van der Waals surface area (Å²) in [6.07, 6.45) is 3.73. The molecule has 0 saturated heterocycles. The lowest BCUT2D eigenvalue weighted by atomic mass is 9.99. The van der Waals surface area contributed by atoms with Crippen LogP contribution in [0.1, 0.15) is 11.1 Å². The Labute approximate surface area is 104 Å². The van der Waals surface area contributed by atoms with E-state index in [0.717, 1.165) is 34.4 Å². The largest absolute Gasteiger partial charge is 0.493 e. The van der Waals surface area contributed by atoms with Crippen LogP contribution in [0.2, 0.25) is 0 Å². The lowest BCUT2D eigenvalue weighted by Gasteiger charge is -2.09. The molecule has 1 aromatic carbocycles. The number of hydrogen-bond acceptors (Lipinski definition) is 3. The SMILES string of the molecule is NCc1cc(-c2cncc(F)c2)cc2c1OCC2. The molecule has 0 atom stereocenters. The maximum atomic E-state index is 13.2. The zero-order valence-corrected chi connectivity index (χ0v) is 9.82. The molecule has 2 heterocycles. The second kappa shape index (κ2) is 4.38. The molecule has 0 unspecified atom stereocenters. The topological polar surface area (TPSA) is 48.1 Å². The highest BCUT2D eigenvalue weighted by atomic mass is 19.1. The molecule has 3 nitrogen and oxygen atoms in total. The molecule has 0 radical (unpaired) electrons. The van der Waals surface area contributed by atoms with Gasteiger partial charge < -0.3 is 10.5 Å². The predicted molar refractivity (Wildman–Crippen MR) is 66.7 cm³/mol. The number of hydrogen-bond donors (Lipinski definition) is 1. The van der Waals surface area contributed by atoms with E-state index in [9.17, 15) is 4.39 Å². The van der Waals surface area contributed by atoms with Crippen LogP contribution in [0.4, 0.5) is 4.39 Å². The molecule has 0 amide bonds. The van der Waals surface area contributed by atoms with Crippen LogP contribution in [0.25, 0.3) is 11.1 Å². The van der Waals surface area contributed by atoms with E-state index in [1.807, 2.05) is 12.1 Å². The molecule has 0 saturated carbocycles. The Morgan fingerprint density at radius 3 is 2.89 bits per heavy atom. The summed E-state index contributed by atoms with van der Waals surface area (Å²) in [4.78, 5) is 3.87. The zero-order chi connectivity index (χ0) is 12.5. The number of fused-ring (bicyclic) bond motifs is 1. The molecule has 2 aromatic rings. The number of nitrogens with zero attached hydrogens (tertiary/aromatic N) is 1. The summed E-state index contributed by atoms with van der Waals surface area (Å²) >= 11 is 0. The lowest BCUT2D eigenvalue weighted by Crippen LogP contribution is -2.00. The van der Waals surface area contributed by atoms with E-state index in [2.05, 4.69) is 4.98 Å². The highest BCUT2D eigenvalue weighted by molar-refractivity contribution is 5.67. The van der Waals surface area contributed by atoms with Crippen LogP contribution in [-0.2, 0) is 13.0 Å². The highest BCUT2D eigenvalue weighted by Crippen LogP contribution is 2.34. The van der Waals surface area contributed by atoms with Gasteiger partial charge in [0.05, 0.1) is 12.8 Å². The molecule has 0 bridgehead atoms. The number of rotatable bonds is 2. The predicted octanol–water partition coefficient (Wildman–Crippen LogP) is 2.28. The first-order valence-electron chi connectivity index (χ1n) is 5.87. The van der Waals surface area contributed by atoms with Gasteiger partial charge in [-0.25, -0.2) is 4.39 Å². The summed E-state index contributed by atoms with van der Waals surface area (Å²) in [6, 6.07) is 5.45. The van der Waals surface area contributed by atoms with Crippen molar-refractivity contribution in [1.29, 1.82) is 0 Å². The van der Waals surface area contributed by atoms with Crippen molar-refractivity contribution in [3.8, 4) is 16.9 Å². The van der Waals surface area contributed by atoms with E-state index in [4.69, 9.17) is 10.5 Å². The Morgan fingerprint density at radius 1 is 1.22 bits per heavy atom. The van der Waals surface area contributed by atoms with Crippen LogP contribution in [0.3, 0.4) is 0 Å². The van der Waals surface area contributed by atoms with Crippen LogP contribution >= 0.6 is 0 Å². The molecular weight excluding hydrogens is 231 g/mol. The molecule has 3 rings (SSSR count). The van der Waals surface area contributed by atoms with Crippen molar-refractivity contribution >= 4 is 0 Å². The van der Waals surface area contributed by atoms with Gasteiger partial charge in [0.25, 0.3) is 0 Å². The minimum absolute atomic E-state index is 0.335. The molecule has 18 heavy (non-hydrogen) atoms. The van der Waals surface area contributed by atoms with Crippen LogP contribution in [0.5, 0.6) is 5.75 Å². The molecule has 1 aromatic heterocycles. The van der Waals surface area contributed by atoms with Gasteiger partial charge in [-0.15, -0.1) is 0 Å². The van der Waals surface area contributed by atoms with Crippen molar-refractivity contribution in [3.05, 3.63) is 47.5 Å². The van der Waals surface area contributed by atoms with E-state index in [-0.39, 0.29) is 5.82 Å². The Kier molecular flexibility index (Phi) is 2.72. The molecule has 0 spiro atoms. The van der Waals surface area contributed by atoms with Gasteiger partial charge in [-0.1, -0.05) is 0 Å². The normalized spacial score (nSPS) is 13.2. The van der Waals surface area contributed by atoms with Crippen molar-refractivity contribution < 1.29 is 9.13 Å². The van der Waals surface area contributed by atoms with Gasteiger partial charge in [0, 0.05) is 30.3 Å². The summed E-state index contributed by atoms with van der Waals surface area (Å²) < 4.78 is 18.8. The quantitative estimate of drug-likeness (QED) is 0.881. The van der Waals surface area contributed by atoms with Crippen molar-refractivity contribution in [3.63, 3.8) is 0 Å². The second-order valence-corrected chi connectivity index (χ2v) is 4.32. The van der Waals surface area contributed by atoms with Crippen LogP contribution in [-0.4, -0.2) is 11.6 Å². The number of aromatic nitrogens is 1. The zero-order valence-electron chi connectivity index (χ0n) is 9.82. The third-order valence-electron chi connectivity index (χ3n) is 3.12. The number of ether oxygens (including phenoxy) is 1. The minimum atomic E-state index is -0.335. The van der Waals surface area contributed by atoms with Crippen LogP contribution < -0.4 is 10.5 Å². The van der Waals surface area contributed by atoms with Crippen molar-refractivity contribution in [1.82, 2.24) is 4.98 Å². The van der Waals surface area contributed by atoms with Gasteiger partial charge in [0.2, 0.25) is 0 Å². The Morgan fingerprint density at radius 2 is 2.11 bits per heavy atom. The third-order valence-corrected chi connectivity index (χ3v) is 3.12. The van der Waals surface area contributed by atoms with Gasteiger partial charge in [-0.05, 0) is 29.3 Å². The molecule has 0 aliphatic carbocycles. The van der Waals surface area contributed by atoms with Gasteiger partial charge in [-0.2, -0.15) is 0 Å². The van der Waals surface area contributed by atoms with E-state index in [0.29, 0.717) is 13.2 Å². The van der Waals surface area contributed by atoms with Crippen molar-refractivity contribution in [2.75, 3.05) is 6.61 Å². The van der Waals surface area contributed by atoms with E-state index >= 15 is 0 Å². The Hall–Kier alpha value is -1.94. The maximum absolute atomic E-state index is 13.2. The lowest BCUT2D eigenvalue weighted by molar-refractivity contribution is 0.353. The number of halogens is 1. The number of benzene rings is 1. The average Bonchev–Trinajstić information content (AvgIpc) is 2.85. The van der Waals surface area contributed by atoms with Gasteiger partial charge in [0.15, 0.2) is 0 Å². The minimum Gasteiger partial charge on any atom is -0.493 e. The second-order valence-electron chi connectivity index (χ2n) is 4.32. The monoisotopic (exact) mass is 244 g/mol. The Bertz CT molecular complexity index is 598. The van der Waals surface area contributed by atoms with Crippen molar-refractivity contribution in [2.45, 2.75) is 13.0 Å². The molecule has 1 aliphatic rings. The summed E-state index contributed by atoms with van der Waals surface area (Å²) in [6.45, 7) is 1.10. The summed E-state index contributed by atoms with van der Waals surface area (Å²) in [5.74, 6) is 0.559. The molecule has 92 valence electrons. The summed E-state index contributed by atoms with van der Waals surface area (Å²) in [7, 11) is 0. The summed E-state index contributed by atoms with van der Waals surface area (Å²) in [5.41, 5.74) is 9.53. The first-order valence-corrected chi connectivity index (χ1v) is 5.87. The van der Waals surface area contributed by atoms with Crippen LogP contribution in [0, 0.1) is 5.82 Å². The first-order chi connectivity index (χ1) is 8.78. The smallest absolute Gasteiger partial charge is 0.142 e. The molecule has 2 N–H and O–H groups in total.